The Bertz CT molecular complexity index is 1070. The summed E-state index contributed by atoms with van der Waals surface area (Å²) in [5.41, 5.74) is -0.507. The van der Waals surface area contributed by atoms with Gasteiger partial charge < -0.3 is 25.0 Å². The first-order chi connectivity index (χ1) is 17.8. The van der Waals surface area contributed by atoms with Gasteiger partial charge in [-0.05, 0) is 63.3 Å². The van der Waals surface area contributed by atoms with Crippen molar-refractivity contribution in [1.29, 1.82) is 0 Å². The van der Waals surface area contributed by atoms with E-state index in [0.29, 0.717) is 24.6 Å². The van der Waals surface area contributed by atoms with Crippen molar-refractivity contribution in [3.63, 3.8) is 0 Å². The molecule has 1 spiro atoms. The summed E-state index contributed by atoms with van der Waals surface area (Å²) in [6, 6.07) is 6.31. The van der Waals surface area contributed by atoms with Crippen molar-refractivity contribution in [3.05, 3.63) is 36.4 Å². The highest BCUT2D eigenvalue weighted by atomic mass is 16.5. The second-order valence-electron chi connectivity index (χ2n) is 11.0. The Hall–Kier alpha value is -2.87. The highest BCUT2D eigenvalue weighted by molar-refractivity contribution is 6.03. The number of carbonyl (C=O) groups excluding carboxylic acids is 3. The Morgan fingerprint density at radius 3 is 2.57 bits per heavy atom. The van der Waals surface area contributed by atoms with Crippen LogP contribution in [-0.4, -0.2) is 59.1 Å². The molecular weight excluding hydrogens is 470 g/mol. The van der Waals surface area contributed by atoms with E-state index < -0.39 is 29.6 Å². The molecule has 3 amide bonds. The van der Waals surface area contributed by atoms with E-state index in [-0.39, 0.29) is 29.8 Å². The van der Waals surface area contributed by atoms with E-state index in [9.17, 15) is 14.4 Å². The molecule has 2 N–H and O–H groups in total. The van der Waals surface area contributed by atoms with E-state index >= 15 is 0 Å². The molecule has 8 nitrogen and oxygen atoms in total. The number of rotatable bonds is 8. The van der Waals surface area contributed by atoms with Crippen molar-refractivity contribution in [1.82, 2.24) is 10.2 Å². The van der Waals surface area contributed by atoms with Crippen molar-refractivity contribution in [2.24, 2.45) is 17.8 Å². The first-order valence-electron chi connectivity index (χ1n) is 13.8. The van der Waals surface area contributed by atoms with Crippen LogP contribution in [0.1, 0.15) is 59.8 Å². The second kappa shape index (κ2) is 10.1. The van der Waals surface area contributed by atoms with Crippen LogP contribution in [-0.2, 0) is 19.1 Å². The predicted molar refractivity (Wildman–Crippen MR) is 140 cm³/mol. The number of hydrogen-bond acceptors (Lipinski definition) is 5. The lowest BCUT2D eigenvalue weighted by Crippen LogP contribution is -2.58. The summed E-state index contributed by atoms with van der Waals surface area (Å²) in [4.78, 5) is 43.1. The van der Waals surface area contributed by atoms with E-state index in [0.717, 1.165) is 25.0 Å². The molecule has 0 aromatic heterocycles. The minimum absolute atomic E-state index is 0.0897. The Morgan fingerprint density at radius 1 is 1.16 bits per heavy atom. The fraction of sp³-hybridized carbons (Fsp3) is 0.621. The van der Waals surface area contributed by atoms with Gasteiger partial charge in [0.15, 0.2) is 0 Å². The maximum Gasteiger partial charge on any atom is 0.246 e. The molecule has 3 fully saturated rings. The molecule has 1 aliphatic carbocycles. The SMILES string of the molecule is CCOc1ccc(NC(=O)[C@H]2[C@H]3C=C[C@@]4(O3)[C@H]2C(=O)N([C@H](C)CC)[C@@H]4C(=O)N[C@@H]2CCCC[C@@H]2C)cc1. The summed E-state index contributed by atoms with van der Waals surface area (Å²) >= 11 is 0. The number of ether oxygens (including phenoxy) is 2. The first-order valence-corrected chi connectivity index (χ1v) is 13.8. The van der Waals surface area contributed by atoms with Gasteiger partial charge in [0, 0.05) is 17.8 Å². The number of likely N-dealkylation sites (tertiary alicyclic amines) is 1. The lowest BCUT2D eigenvalue weighted by atomic mass is 9.74. The van der Waals surface area contributed by atoms with Gasteiger partial charge in [0.2, 0.25) is 17.7 Å². The average molecular weight is 510 g/mol. The maximum atomic E-state index is 14.0. The van der Waals surface area contributed by atoms with Gasteiger partial charge in [-0.15, -0.1) is 0 Å². The zero-order valence-corrected chi connectivity index (χ0v) is 22.2. The van der Waals surface area contributed by atoms with Crippen LogP contribution >= 0.6 is 0 Å². The maximum absolute atomic E-state index is 14.0. The van der Waals surface area contributed by atoms with Crippen LogP contribution in [0.15, 0.2) is 36.4 Å². The third-order valence-corrected chi connectivity index (χ3v) is 8.80. The topological polar surface area (TPSA) is 97.0 Å². The van der Waals surface area contributed by atoms with Crippen molar-refractivity contribution < 1.29 is 23.9 Å². The Kier molecular flexibility index (Phi) is 7.05. The molecule has 5 rings (SSSR count). The van der Waals surface area contributed by atoms with Crippen LogP contribution in [0.5, 0.6) is 5.75 Å². The van der Waals surface area contributed by atoms with Gasteiger partial charge in [-0.25, -0.2) is 0 Å². The lowest BCUT2D eigenvalue weighted by molar-refractivity contribution is -0.143. The summed E-state index contributed by atoms with van der Waals surface area (Å²) in [6.45, 7) is 8.62. The van der Waals surface area contributed by atoms with Gasteiger partial charge in [0.25, 0.3) is 0 Å². The van der Waals surface area contributed by atoms with Crippen LogP contribution in [0.3, 0.4) is 0 Å². The van der Waals surface area contributed by atoms with Crippen molar-refractivity contribution in [2.75, 3.05) is 11.9 Å². The van der Waals surface area contributed by atoms with Crippen LogP contribution < -0.4 is 15.4 Å². The molecule has 3 aliphatic heterocycles. The number of hydrogen-bond donors (Lipinski definition) is 2. The molecule has 200 valence electrons. The fourth-order valence-electron chi connectivity index (χ4n) is 6.70. The average Bonchev–Trinajstić information content (AvgIpc) is 3.53. The monoisotopic (exact) mass is 509 g/mol. The van der Waals surface area contributed by atoms with E-state index in [1.165, 1.54) is 6.42 Å². The van der Waals surface area contributed by atoms with Crippen LogP contribution in [0.25, 0.3) is 0 Å². The number of fused-ring (bicyclic) bond motifs is 1. The zero-order chi connectivity index (χ0) is 26.3. The third kappa shape index (κ3) is 4.33. The number of nitrogens with zero attached hydrogens (tertiary/aromatic N) is 1. The van der Waals surface area contributed by atoms with E-state index in [2.05, 4.69) is 17.6 Å². The second-order valence-corrected chi connectivity index (χ2v) is 11.0. The molecule has 3 heterocycles. The fourth-order valence-corrected chi connectivity index (χ4v) is 6.70. The van der Waals surface area contributed by atoms with Gasteiger partial charge in [0.1, 0.15) is 17.4 Å². The number of benzene rings is 1. The van der Waals surface area contributed by atoms with E-state index in [1.807, 2.05) is 32.9 Å². The van der Waals surface area contributed by atoms with Gasteiger partial charge in [-0.1, -0.05) is 38.8 Å². The normalized spacial score (nSPS) is 34.8. The molecule has 2 bridgehead atoms. The predicted octanol–water partition coefficient (Wildman–Crippen LogP) is 3.67. The van der Waals surface area contributed by atoms with Gasteiger partial charge in [-0.2, -0.15) is 0 Å². The van der Waals surface area contributed by atoms with E-state index in [1.54, 1.807) is 29.2 Å². The summed E-state index contributed by atoms with van der Waals surface area (Å²) in [5, 5.41) is 6.23. The highest BCUT2D eigenvalue weighted by Crippen LogP contribution is 2.55. The number of carbonyl (C=O) groups is 3. The zero-order valence-electron chi connectivity index (χ0n) is 22.2. The number of amides is 3. The minimum atomic E-state index is -1.13. The molecular formula is C29H39N3O5. The molecule has 0 unspecified atom stereocenters. The van der Waals surface area contributed by atoms with Gasteiger partial charge in [-0.3, -0.25) is 14.4 Å². The summed E-state index contributed by atoms with van der Waals surface area (Å²) in [6.07, 6.45) is 8.19. The summed E-state index contributed by atoms with van der Waals surface area (Å²) in [7, 11) is 0. The summed E-state index contributed by atoms with van der Waals surface area (Å²) in [5.74, 6) is -0.950. The largest absolute Gasteiger partial charge is 0.494 e. The van der Waals surface area contributed by atoms with Crippen molar-refractivity contribution in [2.45, 2.75) is 89.6 Å². The Morgan fingerprint density at radius 2 is 1.89 bits per heavy atom. The first kappa shape index (κ1) is 25.8. The van der Waals surface area contributed by atoms with Gasteiger partial charge >= 0.3 is 0 Å². The molecule has 1 aromatic rings. The standard InChI is InChI=1S/C29H39N3O5/c1-5-18(4)32-25(27(34)31-21-10-8-7-9-17(21)3)29-16-15-22(37-29)23(24(29)28(32)35)26(33)30-19-11-13-20(14-12-19)36-6-2/h11-18,21-25H,5-10H2,1-4H3,(H,30,33)(H,31,34)/t17-,18+,21+,22+,23-,24+,25+,29+/m0/s1. The van der Waals surface area contributed by atoms with Crippen molar-refractivity contribution in [3.8, 4) is 5.75 Å². The van der Waals surface area contributed by atoms with Crippen LogP contribution in [0.4, 0.5) is 5.69 Å². The summed E-state index contributed by atoms with van der Waals surface area (Å²) < 4.78 is 11.9. The molecule has 8 heteroatoms. The van der Waals surface area contributed by atoms with Crippen LogP contribution in [0.2, 0.25) is 0 Å². The Labute approximate surface area is 219 Å². The Balaban J connectivity index is 1.41. The number of nitrogens with one attached hydrogen (secondary N) is 2. The minimum Gasteiger partial charge on any atom is -0.494 e. The highest BCUT2D eigenvalue weighted by Gasteiger charge is 2.73. The lowest BCUT2D eigenvalue weighted by Gasteiger charge is -2.37. The third-order valence-electron chi connectivity index (χ3n) is 8.80. The van der Waals surface area contributed by atoms with Crippen molar-refractivity contribution >= 4 is 23.4 Å². The molecule has 8 atom stereocenters. The molecule has 1 aromatic carbocycles. The molecule has 2 saturated heterocycles. The van der Waals surface area contributed by atoms with Gasteiger partial charge in [0.05, 0.1) is 24.5 Å². The van der Waals surface area contributed by atoms with E-state index in [4.69, 9.17) is 9.47 Å². The molecule has 1 saturated carbocycles. The molecule has 37 heavy (non-hydrogen) atoms. The molecule has 0 radical (unpaired) electrons. The quantitative estimate of drug-likeness (QED) is 0.522. The van der Waals surface area contributed by atoms with Crippen LogP contribution in [0, 0.1) is 17.8 Å². The number of anilines is 1. The smallest absolute Gasteiger partial charge is 0.246 e. The molecule has 4 aliphatic rings.